The third-order valence-corrected chi connectivity index (χ3v) is 10.6. The number of hydrogen-bond acceptors (Lipinski definition) is 9. The maximum atomic E-state index is 14.0. The lowest BCUT2D eigenvalue weighted by molar-refractivity contribution is -0.155. The van der Waals surface area contributed by atoms with Gasteiger partial charge in [-0.3, -0.25) is 19.2 Å². The first-order valence-corrected chi connectivity index (χ1v) is 18.8. The fourth-order valence-corrected chi connectivity index (χ4v) is 7.53. The largest absolute Gasteiger partial charge is 0.460 e. The maximum absolute atomic E-state index is 14.0. The van der Waals surface area contributed by atoms with Gasteiger partial charge < -0.3 is 30.3 Å². The SMILES string of the molecule is Cc1ncsc1-c1ccc([C@H](C)NC(=O)[C@@H]2C[C@@H](O)CN2C(=O)[C@@H](NC(=O)CCN2CCC(CCC(=O)OC(C)(C)C)CC2)C(C)(C)C)cc1. The highest BCUT2D eigenvalue weighted by Crippen LogP contribution is 2.30. The van der Waals surface area contributed by atoms with Crippen molar-refractivity contribution in [1.29, 1.82) is 0 Å². The summed E-state index contributed by atoms with van der Waals surface area (Å²) < 4.78 is 5.44. The van der Waals surface area contributed by atoms with Gasteiger partial charge in [-0.15, -0.1) is 11.3 Å². The number of likely N-dealkylation sites (tertiary alicyclic amines) is 2. The van der Waals surface area contributed by atoms with Crippen LogP contribution in [0.15, 0.2) is 29.8 Å². The zero-order chi connectivity index (χ0) is 36.8. The van der Waals surface area contributed by atoms with E-state index in [4.69, 9.17) is 4.74 Å². The topological polar surface area (TPSA) is 141 Å². The molecule has 0 saturated carbocycles. The van der Waals surface area contributed by atoms with Crippen molar-refractivity contribution in [2.45, 2.75) is 124 Å². The summed E-state index contributed by atoms with van der Waals surface area (Å²) in [7, 11) is 0. The lowest BCUT2D eigenvalue weighted by atomic mass is 9.85. The van der Waals surface area contributed by atoms with Crippen LogP contribution in [-0.2, 0) is 23.9 Å². The lowest BCUT2D eigenvalue weighted by Gasteiger charge is -2.36. The molecule has 4 atom stereocenters. The van der Waals surface area contributed by atoms with Gasteiger partial charge in [-0.1, -0.05) is 45.0 Å². The summed E-state index contributed by atoms with van der Waals surface area (Å²) in [4.78, 5) is 62.0. The number of amides is 3. The molecule has 2 fully saturated rings. The van der Waals surface area contributed by atoms with E-state index in [0.29, 0.717) is 18.9 Å². The molecule has 3 heterocycles. The van der Waals surface area contributed by atoms with Crippen LogP contribution in [0.5, 0.6) is 0 Å². The molecule has 3 N–H and O–H groups in total. The number of nitrogens with one attached hydrogen (secondary N) is 2. The Balaban J connectivity index is 1.29. The third kappa shape index (κ3) is 11.1. The number of aliphatic hydroxyl groups excluding tert-OH is 1. The van der Waals surface area contributed by atoms with Crippen molar-refractivity contribution in [2.24, 2.45) is 11.3 Å². The second-order valence-electron chi connectivity index (χ2n) is 16.0. The van der Waals surface area contributed by atoms with Crippen molar-refractivity contribution in [1.82, 2.24) is 25.4 Å². The minimum atomic E-state index is -0.866. The molecule has 3 amide bonds. The number of piperidine rings is 1. The smallest absolute Gasteiger partial charge is 0.306 e. The van der Waals surface area contributed by atoms with E-state index in [0.717, 1.165) is 54.0 Å². The third-order valence-electron chi connectivity index (χ3n) is 9.60. The number of thiazole rings is 1. The maximum Gasteiger partial charge on any atom is 0.306 e. The molecular formula is C38H57N5O6S. The summed E-state index contributed by atoms with van der Waals surface area (Å²) in [5.41, 5.74) is 3.69. The first-order chi connectivity index (χ1) is 23.4. The summed E-state index contributed by atoms with van der Waals surface area (Å²) in [5.74, 6) is -0.632. The Morgan fingerprint density at radius 3 is 2.26 bits per heavy atom. The van der Waals surface area contributed by atoms with Crippen LogP contribution in [0.2, 0.25) is 0 Å². The van der Waals surface area contributed by atoms with Crippen molar-refractivity contribution in [2.75, 3.05) is 26.2 Å². The van der Waals surface area contributed by atoms with Crippen molar-refractivity contribution < 1.29 is 29.0 Å². The summed E-state index contributed by atoms with van der Waals surface area (Å²) >= 11 is 1.58. The molecule has 4 rings (SSSR count). The number of esters is 1. The van der Waals surface area contributed by atoms with E-state index in [-0.39, 0.29) is 49.1 Å². The second kappa shape index (κ2) is 16.8. The molecule has 50 heavy (non-hydrogen) atoms. The molecule has 2 aromatic rings. The first-order valence-electron chi connectivity index (χ1n) is 17.9. The van der Waals surface area contributed by atoms with Crippen molar-refractivity contribution in [3.8, 4) is 10.4 Å². The van der Waals surface area contributed by atoms with Gasteiger partial charge in [0.2, 0.25) is 17.7 Å². The molecule has 0 aliphatic carbocycles. The van der Waals surface area contributed by atoms with Crippen molar-refractivity contribution in [3.63, 3.8) is 0 Å². The van der Waals surface area contributed by atoms with Crippen molar-refractivity contribution >= 4 is 35.0 Å². The number of hydrogen-bond donors (Lipinski definition) is 3. The van der Waals surface area contributed by atoms with Gasteiger partial charge in [0.15, 0.2) is 0 Å². The van der Waals surface area contributed by atoms with Gasteiger partial charge >= 0.3 is 5.97 Å². The summed E-state index contributed by atoms with van der Waals surface area (Å²) in [6.07, 6.45) is 2.69. The van der Waals surface area contributed by atoms with E-state index in [1.54, 1.807) is 11.3 Å². The van der Waals surface area contributed by atoms with Crippen LogP contribution < -0.4 is 10.6 Å². The minimum Gasteiger partial charge on any atom is -0.460 e. The highest BCUT2D eigenvalue weighted by molar-refractivity contribution is 7.13. The standard InChI is InChI=1S/C38H57N5O6S/c1-24(27-10-12-28(13-11-27)33-25(2)39-23-50-33)40-35(47)30-21-29(44)22-43(30)36(48)34(37(3,4)5)41-31(45)17-20-42-18-15-26(16-19-42)9-14-32(46)49-38(6,7)8/h10-13,23-24,26,29-30,34,44H,9,14-22H2,1-8H3,(H,40,47)(H,41,45)/t24-,29+,30-,34+/m0/s1. The number of aliphatic hydroxyl groups is 1. The molecule has 2 saturated heterocycles. The molecule has 1 aromatic carbocycles. The van der Waals surface area contributed by atoms with Gasteiger partial charge in [0.1, 0.15) is 17.7 Å². The highest BCUT2D eigenvalue weighted by atomic mass is 32.1. The van der Waals surface area contributed by atoms with Gasteiger partial charge in [-0.05, 0) is 89.4 Å². The van der Waals surface area contributed by atoms with Gasteiger partial charge in [0.25, 0.3) is 0 Å². The van der Waals surface area contributed by atoms with Crippen LogP contribution in [-0.4, -0.2) is 93.5 Å². The van der Waals surface area contributed by atoms with E-state index >= 15 is 0 Å². The van der Waals surface area contributed by atoms with Crippen LogP contribution in [0.1, 0.15) is 104 Å². The minimum absolute atomic E-state index is 0.0273. The Labute approximate surface area is 301 Å². The molecule has 276 valence electrons. The normalized spacial score (nSPS) is 20.3. The number of aromatic nitrogens is 1. The zero-order valence-electron chi connectivity index (χ0n) is 31.1. The molecule has 2 aliphatic heterocycles. The first kappa shape index (κ1) is 39.4. The molecule has 1 aromatic heterocycles. The van der Waals surface area contributed by atoms with Gasteiger partial charge in [0, 0.05) is 32.4 Å². The van der Waals surface area contributed by atoms with Crippen LogP contribution in [0, 0.1) is 18.3 Å². The quantitative estimate of drug-likeness (QED) is 0.261. The average molecular weight is 712 g/mol. The number of ether oxygens (including phenoxy) is 1. The number of carbonyl (C=O) groups excluding carboxylic acids is 4. The number of nitrogens with zero attached hydrogens (tertiary/aromatic N) is 3. The Morgan fingerprint density at radius 1 is 1.02 bits per heavy atom. The number of benzene rings is 1. The fraction of sp³-hybridized carbons (Fsp3) is 0.658. The van der Waals surface area contributed by atoms with E-state index < -0.39 is 29.2 Å². The Bertz CT molecular complexity index is 1470. The van der Waals surface area contributed by atoms with E-state index in [1.165, 1.54) is 4.90 Å². The van der Waals surface area contributed by atoms with E-state index in [9.17, 15) is 24.3 Å². The van der Waals surface area contributed by atoms with Gasteiger partial charge in [-0.25, -0.2) is 4.98 Å². The van der Waals surface area contributed by atoms with Gasteiger partial charge in [-0.2, -0.15) is 0 Å². The predicted molar refractivity (Wildman–Crippen MR) is 195 cm³/mol. The Morgan fingerprint density at radius 2 is 1.68 bits per heavy atom. The Kier molecular flexibility index (Phi) is 13.2. The van der Waals surface area contributed by atoms with E-state index in [2.05, 4.69) is 20.5 Å². The number of carbonyl (C=O) groups is 4. The monoisotopic (exact) mass is 711 g/mol. The number of rotatable bonds is 12. The predicted octanol–water partition coefficient (Wildman–Crippen LogP) is 5.01. The molecule has 0 unspecified atom stereocenters. The Hall–Kier alpha value is -3.35. The molecule has 11 nitrogen and oxygen atoms in total. The molecule has 0 radical (unpaired) electrons. The number of β-amino-alcohol motifs (C(OH)–C–C–N with tert-alkyl or cyclic N) is 1. The van der Waals surface area contributed by atoms with Crippen LogP contribution in [0.25, 0.3) is 10.4 Å². The zero-order valence-corrected chi connectivity index (χ0v) is 31.9. The second-order valence-corrected chi connectivity index (χ2v) is 16.9. The average Bonchev–Trinajstić information content (AvgIpc) is 3.65. The molecular weight excluding hydrogens is 655 g/mol. The summed E-state index contributed by atoms with van der Waals surface area (Å²) in [5, 5.41) is 16.6. The number of aryl methyl sites for hydroxylation is 1. The fourth-order valence-electron chi connectivity index (χ4n) is 6.72. The van der Waals surface area contributed by atoms with Crippen LogP contribution in [0.3, 0.4) is 0 Å². The van der Waals surface area contributed by atoms with Crippen molar-refractivity contribution in [3.05, 3.63) is 41.0 Å². The van der Waals surface area contributed by atoms with Gasteiger partial charge in [0.05, 0.1) is 28.2 Å². The molecule has 0 bridgehead atoms. The molecule has 0 spiro atoms. The summed E-state index contributed by atoms with van der Waals surface area (Å²) in [6.45, 7) is 17.5. The lowest BCUT2D eigenvalue weighted by Crippen LogP contribution is -2.58. The molecule has 2 aliphatic rings. The van der Waals surface area contributed by atoms with E-state index in [1.807, 2.05) is 85.2 Å². The summed E-state index contributed by atoms with van der Waals surface area (Å²) in [6, 6.07) is 5.95. The van der Waals surface area contributed by atoms with Crippen LogP contribution >= 0.6 is 11.3 Å². The van der Waals surface area contributed by atoms with Crippen LogP contribution in [0.4, 0.5) is 0 Å². The highest BCUT2D eigenvalue weighted by Gasteiger charge is 2.44. The molecule has 12 heteroatoms.